The zero-order valence-electron chi connectivity index (χ0n) is 19.1. The standard InChI is InChI=1S/C23H31N5O5/c1-15(2)12-28(22(30)20-24-18-5-3-4-6-19(18)25-20)17-11-16(13-27(14-17)23(31)32)21(29)26-7-9-33-10-8-26/h3-6,15-17H,7-14H2,1-2H3,(H,24,25)(H,31,32)/t16-,17+/m1/s1. The van der Waals surface area contributed by atoms with Gasteiger partial charge in [0.1, 0.15) is 0 Å². The summed E-state index contributed by atoms with van der Waals surface area (Å²) in [5.41, 5.74) is 1.46. The molecule has 2 N–H and O–H groups in total. The van der Waals surface area contributed by atoms with E-state index in [1.807, 2.05) is 38.1 Å². The summed E-state index contributed by atoms with van der Waals surface area (Å²) in [5.74, 6) is -0.479. The van der Waals surface area contributed by atoms with Crippen LogP contribution in [0.4, 0.5) is 4.79 Å². The summed E-state index contributed by atoms with van der Waals surface area (Å²) in [6.07, 6.45) is -0.668. The van der Waals surface area contributed by atoms with Crippen LogP contribution in [0.5, 0.6) is 0 Å². The first-order chi connectivity index (χ1) is 15.8. The quantitative estimate of drug-likeness (QED) is 0.708. The molecule has 2 aliphatic heterocycles. The van der Waals surface area contributed by atoms with E-state index >= 15 is 0 Å². The second-order valence-electron chi connectivity index (χ2n) is 9.17. The number of hydrogen-bond donors (Lipinski definition) is 2. The Kier molecular flexibility index (Phi) is 6.83. The molecule has 0 spiro atoms. The number of aromatic amines is 1. The van der Waals surface area contributed by atoms with Crippen molar-refractivity contribution in [2.45, 2.75) is 26.3 Å². The molecule has 0 saturated carbocycles. The molecule has 1 aromatic carbocycles. The number of nitrogens with one attached hydrogen (secondary N) is 1. The van der Waals surface area contributed by atoms with Crippen molar-refractivity contribution >= 4 is 28.9 Å². The molecule has 0 radical (unpaired) electrons. The fourth-order valence-electron chi connectivity index (χ4n) is 4.66. The highest BCUT2D eigenvalue weighted by Crippen LogP contribution is 2.26. The molecule has 0 aliphatic carbocycles. The molecular weight excluding hydrogens is 426 g/mol. The Morgan fingerprint density at radius 2 is 1.91 bits per heavy atom. The van der Waals surface area contributed by atoms with Crippen LogP contribution in [-0.2, 0) is 9.53 Å². The number of likely N-dealkylation sites (tertiary alicyclic amines) is 1. The van der Waals surface area contributed by atoms with E-state index in [9.17, 15) is 19.5 Å². The van der Waals surface area contributed by atoms with Crippen LogP contribution >= 0.6 is 0 Å². The highest BCUT2D eigenvalue weighted by Gasteiger charge is 2.40. The van der Waals surface area contributed by atoms with Crippen molar-refractivity contribution in [3.05, 3.63) is 30.1 Å². The van der Waals surface area contributed by atoms with Crippen LogP contribution in [0.2, 0.25) is 0 Å². The zero-order chi connectivity index (χ0) is 23.5. The average Bonchev–Trinajstić information content (AvgIpc) is 3.26. The number of aromatic nitrogens is 2. The molecule has 3 amide bonds. The Morgan fingerprint density at radius 3 is 2.58 bits per heavy atom. The van der Waals surface area contributed by atoms with Crippen molar-refractivity contribution in [1.29, 1.82) is 0 Å². The van der Waals surface area contributed by atoms with Gasteiger partial charge in [0, 0.05) is 32.7 Å². The van der Waals surface area contributed by atoms with Gasteiger partial charge in [0.05, 0.1) is 36.2 Å². The predicted octanol–water partition coefficient (Wildman–Crippen LogP) is 1.89. The summed E-state index contributed by atoms with van der Waals surface area (Å²) < 4.78 is 5.34. The topological polar surface area (TPSA) is 119 Å². The third kappa shape index (κ3) is 5.11. The second-order valence-corrected chi connectivity index (χ2v) is 9.17. The van der Waals surface area contributed by atoms with Gasteiger partial charge >= 0.3 is 6.09 Å². The normalized spacial score (nSPS) is 21.4. The van der Waals surface area contributed by atoms with E-state index in [0.717, 1.165) is 5.52 Å². The maximum Gasteiger partial charge on any atom is 0.407 e. The zero-order valence-corrected chi connectivity index (χ0v) is 19.1. The highest BCUT2D eigenvalue weighted by atomic mass is 16.5. The van der Waals surface area contributed by atoms with Crippen LogP contribution in [0.25, 0.3) is 11.0 Å². The Morgan fingerprint density at radius 1 is 1.18 bits per heavy atom. The Hall–Kier alpha value is -3.14. The number of amides is 3. The molecule has 2 saturated heterocycles. The monoisotopic (exact) mass is 457 g/mol. The lowest BCUT2D eigenvalue weighted by molar-refractivity contribution is -0.142. The van der Waals surface area contributed by atoms with Crippen molar-refractivity contribution in [3.63, 3.8) is 0 Å². The fraction of sp³-hybridized carbons (Fsp3) is 0.565. The van der Waals surface area contributed by atoms with Crippen molar-refractivity contribution < 1.29 is 24.2 Å². The van der Waals surface area contributed by atoms with Crippen LogP contribution < -0.4 is 0 Å². The number of ether oxygens (including phenoxy) is 1. The number of H-pyrrole nitrogens is 1. The smallest absolute Gasteiger partial charge is 0.407 e. The number of imidazole rings is 1. The number of para-hydroxylation sites is 2. The van der Waals surface area contributed by atoms with Gasteiger partial charge < -0.3 is 29.5 Å². The SMILES string of the molecule is CC(C)CN(C(=O)c1nc2ccccc2[nH]1)[C@H]1C[C@@H](C(=O)N2CCOCC2)CN(C(=O)O)C1. The van der Waals surface area contributed by atoms with Crippen LogP contribution in [0.15, 0.2) is 24.3 Å². The molecule has 178 valence electrons. The van der Waals surface area contributed by atoms with Gasteiger partial charge in [-0.2, -0.15) is 0 Å². The highest BCUT2D eigenvalue weighted by molar-refractivity contribution is 5.94. The number of benzene rings is 1. The maximum absolute atomic E-state index is 13.6. The third-order valence-electron chi connectivity index (χ3n) is 6.23. The molecule has 2 atom stereocenters. The van der Waals surface area contributed by atoms with Gasteiger partial charge in [-0.15, -0.1) is 0 Å². The van der Waals surface area contributed by atoms with Gasteiger partial charge in [-0.05, 0) is 24.5 Å². The van der Waals surface area contributed by atoms with Crippen molar-refractivity contribution in [3.8, 4) is 0 Å². The van der Waals surface area contributed by atoms with Crippen molar-refractivity contribution in [1.82, 2.24) is 24.7 Å². The molecule has 2 aromatic rings. The van der Waals surface area contributed by atoms with E-state index < -0.39 is 18.1 Å². The van der Waals surface area contributed by atoms with Crippen LogP contribution in [0.1, 0.15) is 30.9 Å². The lowest BCUT2D eigenvalue weighted by atomic mass is 9.91. The summed E-state index contributed by atoms with van der Waals surface area (Å²) in [5, 5.41) is 9.74. The Labute approximate surface area is 192 Å². The Bertz CT molecular complexity index is 983. The molecule has 1 aromatic heterocycles. The number of carboxylic acid groups (broad SMARTS) is 1. The Balaban J connectivity index is 1.60. The minimum absolute atomic E-state index is 0.0741. The number of carbonyl (C=O) groups excluding carboxylic acids is 2. The van der Waals surface area contributed by atoms with E-state index in [1.54, 1.807) is 9.80 Å². The van der Waals surface area contributed by atoms with Gasteiger partial charge in [-0.1, -0.05) is 26.0 Å². The van der Waals surface area contributed by atoms with Gasteiger partial charge in [0.25, 0.3) is 5.91 Å². The molecule has 10 nitrogen and oxygen atoms in total. The number of carbonyl (C=O) groups is 3. The summed E-state index contributed by atoms with van der Waals surface area (Å²) >= 11 is 0. The number of piperidine rings is 1. The van der Waals surface area contributed by atoms with E-state index in [2.05, 4.69) is 9.97 Å². The first-order valence-electron chi connectivity index (χ1n) is 11.4. The van der Waals surface area contributed by atoms with Gasteiger partial charge in [-0.25, -0.2) is 9.78 Å². The first-order valence-corrected chi connectivity index (χ1v) is 11.4. The predicted molar refractivity (Wildman–Crippen MR) is 121 cm³/mol. The molecule has 33 heavy (non-hydrogen) atoms. The molecule has 0 bridgehead atoms. The summed E-state index contributed by atoms with van der Waals surface area (Å²) in [4.78, 5) is 50.9. The number of nitrogens with zero attached hydrogens (tertiary/aromatic N) is 4. The average molecular weight is 458 g/mol. The lowest BCUT2D eigenvalue weighted by Gasteiger charge is -2.43. The van der Waals surface area contributed by atoms with Crippen LogP contribution in [-0.4, -0.2) is 99.7 Å². The maximum atomic E-state index is 13.6. The molecule has 3 heterocycles. The van der Waals surface area contributed by atoms with Crippen LogP contribution in [0, 0.1) is 11.8 Å². The van der Waals surface area contributed by atoms with E-state index in [4.69, 9.17) is 4.74 Å². The molecule has 0 unspecified atom stereocenters. The van der Waals surface area contributed by atoms with Crippen molar-refractivity contribution in [2.75, 3.05) is 45.9 Å². The lowest BCUT2D eigenvalue weighted by Crippen LogP contribution is -2.58. The van der Waals surface area contributed by atoms with Gasteiger partial charge in [0.2, 0.25) is 5.91 Å². The minimum Gasteiger partial charge on any atom is -0.465 e. The van der Waals surface area contributed by atoms with E-state index in [-0.39, 0.29) is 36.6 Å². The summed E-state index contributed by atoms with van der Waals surface area (Å²) in [6, 6.07) is 6.99. The van der Waals surface area contributed by atoms with Crippen molar-refractivity contribution in [2.24, 2.45) is 11.8 Å². The van der Waals surface area contributed by atoms with E-state index in [1.165, 1.54) is 4.90 Å². The van der Waals surface area contributed by atoms with Crippen LogP contribution in [0.3, 0.4) is 0 Å². The number of morpholine rings is 1. The number of fused-ring (bicyclic) bond motifs is 1. The van der Waals surface area contributed by atoms with E-state index in [0.29, 0.717) is 44.8 Å². The summed E-state index contributed by atoms with van der Waals surface area (Å²) in [6.45, 7) is 6.72. The molecule has 4 rings (SSSR count). The first kappa shape index (κ1) is 23.0. The fourth-order valence-corrected chi connectivity index (χ4v) is 4.66. The number of hydrogen-bond acceptors (Lipinski definition) is 5. The number of rotatable bonds is 5. The molecule has 10 heteroatoms. The molecule has 2 fully saturated rings. The molecular formula is C23H31N5O5. The van der Waals surface area contributed by atoms with Gasteiger partial charge in [-0.3, -0.25) is 9.59 Å². The second kappa shape index (κ2) is 9.78. The largest absolute Gasteiger partial charge is 0.465 e. The van der Waals surface area contributed by atoms with Gasteiger partial charge in [0.15, 0.2) is 5.82 Å². The third-order valence-corrected chi connectivity index (χ3v) is 6.23. The minimum atomic E-state index is -1.08. The summed E-state index contributed by atoms with van der Waals surface area (Å²) in [7, 11) is 0. The molecule has 2 aliphatic rings.